The van der Waals surface area contributed by atoms with Gasteiger partial charge in [0.1, 0.15) is 5.82 Å². The van der Waals surface area contributed by atoms with E-state index in [0.29, 0.717) is 21.9 Å². The van der Waals surface area contributed by atoms with Gasteiger partial charge in [-0.25, -0.2) is 14.5 Å². The van der Waals surface area contributed by atoms with E-state index in [4.69, 9.17) is 0 Å². The van der Waals surface area contributed by atoms with Gasteiger partial charge in [-0.05, 0) is 56.9 Å². The molecule has 150 valence electrons. The van der Waals surface area contributed by atoms with Crippen molar-refractivity contribution in [2.45, 2.75) is 44.3 Å². The Balaban J connectivity index is 1.70. The van der Waals surface area contributed by atoms with Crippen LogP contribution in [0.25, 0.3) is 16.7 Å². The highest BCUT2D eigenvalue weighted by Gasteiger charge is 2.24. The lowest BCUT2D eigenvalue weighted by atomic mass is 10.0. The smallest absolute Gasteiger partial charge is 0.267 e. The number of nitrogens with zero attached hydrogens (tertiary/aromatic N) is 4. The Morgan fingerprint density at radius 1 is 1.21 bits per heavy atom. The summed E-state index contributed by atoms with van der Waals surface area (Å²) in [7, 11) is 0. The lowest BCUT2D eigenvalue weighted by Crippen LogP contribution is -2.43. The maximum absolute atomic E-state index is 13.2. The highest BCUT2D eigenvalue weighted by atomic mass is 32.2. The van der Waals surface area contributed by atoms with E-state index in [1.54, 1.807) is 12.3 Å². The first-order valence-corrected chi connectivity index (χ1v) is 10.9. The third kappa shape index (κ3) is 4.05. The number of hydrogen-bond acceptors (Lipinski definition) is 5. The van der Waals surface area contributed by atoms with Crippen molar-refractivity contribution >= 4 is 28.6 Å². The molecule has 1 atom stereocenters. The van der Waals surface area contributed by atoms with Crippen molar-refractivity contribution in [3.63, 3.8) is 0 Å². The Bertz CT molecular complexity index is 1090. The summed E-state index contributed by atoms with van der Waals surface area (Å²) in [4.78, 5) is 37.1. The SMILES string of the molecule is Cc1ccc(-n2c(SCC(=O)N3CCCCC3C)nc3ccccc3c2=O)nc1. The number of pyridine rings is 1. The second-order valence-electron chi connectivity index (χ2n) is 7.47. The first kappa shape index (κ1) is 19.6. The number of aryl methyl sites for hydroxylation is 1. The van der Waals surface area contributed by atoms with Gasteiger partial charge in [0.15, 0.2) is 5.16 Å². The third-order valence-corrected chi connectivity index (χ3v) is 6.24. The molecule has 7 heteroatoms. The van der Waals surface area contributed by atoms with Gasteiger partial charge in [0.05, 0.1) is 16.7 Å². The van der Waals surface area contributed by atoms with Crippen LogP contribution < -0.4 is 5.56 Å². The van der Waals surface area contributed by atoms with Gasteiger partial charge in [0, 0.05) is 18.8 Å². The zero-order chi connectivity index (χ0) is 20.4. The van der Waals surface area contributed by atoms with Crippen LogP contribution in [0.4, 0.5) is 0 Å². The van der Waals surface area contributed by atoms with Crippen molar-refractivity contribution < 1.29 is 4.79 Å². The van der Waals surface area contributed by atoms with E-state index in [1.807, 2.05) is 42.2 Å². The number of carbonyl (C=O) groups is 1. The van der Waals surface area contributed by atoms with Crippen molar-refractivity contribution in [3.8, 4) is 5.82 Å². The minimum absolute atomic E-state index is 0.0908. The predicted molar refractivity (Wildman–Crippen MR) is 116 cm³/mol. The fourth-order valence-electron chi connectivity index (χ4n) is 3.68. The zero-order valence-electron chi connectivity index (χ0n) is 16.7. The van der Waals surface area contributed by atoms with Crippen LogP contribution >= 0.6 is 11.8 Å². The summed E-state index contributed by atoms with van der Waals surface area (Å²) in [6.45, 7) is 4.85. The van der Waals surface area contributed by atoms with E-state index >= 15 is 0 Å². The molecule has 0 saturated carbocycles. The fourth-order valence-corrected chi connectivity index (χ4v) is 4.57. The fraction of sp³-hybridized carbons (Fsp3) is 0.364. The number of benzene rings is 1. The molecule has 0 aliphatic carbocycles. The van der Waals surface area contributed by atoms with E-state index in [0.717, 1.165) is 24.9 Å². The van der Waals surface area contributed by atoms with Gasteiger partial charge in [-0.2, -0.15) is 0 Å². The number of likely N-dealkylation sites (tertiary alicyclic amines) is 1. The number of aromatic nitrogens is 3. The van der Waals surface area contributed by atoms with Crippen molar-refractivity contribution in [1.82, 2.24) is 19.4 Å². The Morgan fingerprint density at radius 3 is 2.79 bits per heavy atom. The van der Waals surface area contributed by atoms with Crippen molar-refractivity contribution in [2.75, 3.05) is 12.3 Å². The third-order valence-electron chi connectivity index (χ3n) is 5.32. The molecule has 29 heavy (non-hydrogen) atoms. The summed E-state index contributed by atoms with van der Waals surface area (Å²) in [5.74, 6) is 0.856. The number of para-hydroxylation sites is 1. The number of hydrogen-bond donors (Lipinski definition) is 0. The average Bonchev–Trinajstić information content (AvgIpc) is 2.73. The number of rotatable bonds is 4. The van der Waals surface area contributed by atoms with E-state index in [1.165, 1.54) is 22.7 Å². The summed E-state index contributed by atoms with van der Waals surface area (Å²) in [5, 5.41) is 1.03. The molecule has 1 fully saturated rings. The van der Waals surface area contributed by atoms with Crippen LogP contribution in [0.5, 0.6) is 0 Å². The van der Waals surface area contributed by atoms with Crippen molar-refractivity contribution in [3.05, 3.63) is 58.5 Å². The summed E-state index contributed by atoms with van der Waals surface area (Å²) < 4.78 is 1.51. The molecule has 3 heterocycles. The summed E-state index contributed by atoms with van der Waals surface area (Å²) in [5.41, 5.74) is 1.47. The largest absolute Gasteiger partial charge is 0.339 e. The second-order valence-corrected chi connectivity index (χ2v) is 8.41. The summed E-state index contributed by atoms with van der Waals surface area (Å²) >= 11 is 1.30. The molecule has 1 amide bonds. The molecule has 1 saturated heterocycles. The van der Waals surface area contributed by atoms with Gasteiger partial charge in [-0.3, -0.25) is 9.59 Å². The predicted octanol–water partition coefficient (Wildman–Crippen LogP) is 3.58. The van der Waals surface area contributed by atoms with Crippen LogP contribution in [0.3, 0.4) is 0 Å². The molecule has 0 spiro atoms. The molecule has 2 aromatic heterocycles. The van der Waals surface area contributed by atoms with E-state index in [-0.39, 0.29) is 23.3 Å². The summed E-state index contributed by atoms with van der Waals surface area (Å²) in [6.07, 6.45) is 4.99. The minimum atomic E-state index is -0.173. The Labute approximate surface area is 174 Å². The molecule has 6 nitrogen and oxygen atoms in total. The van der Waals surface area contributed by atoms with Crippen LogP contribution in [-0.4, -0.2) is 43.7 Å². The van der Waals surface area contributed by atoms with Crippen LogP contribution in [0.1, 0.15) is 31.7 Å². The molecule has 1 unspecified atom stereocenters. The Hall–Kier alpha value is -2.67. The van der Waals surface area contributed by atoms with Crippen molar-refractivity contribution in [2.24, 2.45) is 0 Å². The Kier molecular flexibility index (Phi) is 5.67. The zero-order valence-corrected chi connectivity index (χ0v) is 17.5. The second kappa shape index (κ2) is 8.37. The molecule has 3 aromatic rings. The van der Waals surface area contributed by atoms with E-state index in [9.17, 15) is 9.59 Å². The summed E-state index contributed by atoms with van der Waals surface area (Å²) in [6, 6.07) is 11.3. The standard InChI is InChI=1S/C22H24N4O2S/c1-15-10-11-19(23-13-15)26-21(28)17-8-3-4-9-18(17)24-22(26)29-14-20(27)25-12-6-5-7-16(25)2/h3-4,8-11,13,16H,5-7,12,14H2,1-2H3. The number of fused-ring (bicyclic) bond motifs is 1. The van der Waals surface area contributed by atoms with Gasteiger partial charge in [0.2, 0.25) is 5.91 Å². The van der Waals surface area contributed by atoms with Gasteiger partial charge in [-0.1, -0.05) is 30.0 Å². The van der Waals surface area contributed by atoms with Gasteiger partial charge < -0.3 is 4.90 Å². The molecule has 1 aliphatic rings. The van der Waals surface area contributed by atoms with E-state index < -0.39 is 0 Å². The average molecular weight is 409 g/mol. The lowest BCUT2D eigenvalue weighted by Gasteiger charge is -2.33. The first-order chi connectivity index (χ1) is 14.0. The minimum Gasteiger partial charge on any atom is -0.339 e. The maximum atomic E-state index is 13.2. The molecule has 0 radical (unpaired) electrons. The van der Waals surface area contributed by atoms with Gasteiger partial charge >= 0.3 is 0 Å². The first-order valence-electron chi connectivity index (χ1n) is 9.91. The number of piperidine rings is 1. The van der Waals surface area contributed by atoms with Crippen LogP contribution in [-0.2, 0) is 4.79 Å². The number of amides is 1. The number of thioether (sulfide) groups is 1. The highest BCUT2D eigenvalue weighted by molar-refractivity contribution is 7.99. The molecular formula is C22H24N4O2S. The van der Waals surface area contributed by atoms with Gasteiger partial charge in [0.25, 0.3) is 5.56 Å². The van der Waals surface area contributed by atoms with Crippen LogP contribution in [0, 0.1) is 6.92 Å². The van der Waals surface area contributed by atoms with Gasteiger partial charge in [-0.15, -0.1) is 0 Å². The molecule has 4 rings (SSSR count). The topological polar surface area (TPSA) is 68.1 Å². The highest BCUT2D eigenvalue weighted by Crippen LogP contribution is 2.23. The molecule has 0 N–H and O–H groups in total. The quantitative estimate of drug-likeness (QED) is 0.488. The molecule has 1 aromatic carbocycles. The van der Waals surface area contributed by atoms with Crippen LogP contribution in [0.15, 0.2) is 52.5 Å². The normalized spacial score (nSPS) is 16.9. The monoisotopic (exact) mass is 408 g/mol. The molecular weight excluding hydrogens is 384 g/mol. The van der Waals surface area contributed by atoms with E-state index in [2.05, 4.69) is 16.9 Å². The Morgan fingerprint density at radius 2 is 2.03 bits per heavy atom. The maximum Gasteiger partial charge on any atom is 0.267 e. The van der Waals surface area contributed by atoms with Crippen molar-refractivity contribution in [1.29, 1.82) is 0 Å². The molecule has 0 bridgehead atoms. The lowest BCUT2D eigenvalue weighted by molar-refractivity contribution is -0.131. The number of carbonyl (C=O) groups excluding carboxylic acids is 1. The van der Waals surface area contributed by atoms with Crippen LogP contribution in [0.2, 0.25) is 0 Å². The molecule has 1 aliphatic heterocycles.